The Hall–Kier alpha value is -1.35. The molecule has 2 saturated heterocycles. The van der Waals surface area contributed by atoms with Gasteiger partial charge in [0, 0.05) is 37.6 Å². The lowest BCUT2D eigenvalue weighted by Crippen LogP contribution is -2.60. The van der Waals surface area contributed by atoms with Gasteiger partial charge in [-0.25, -0.2) is 0 Å². The van der Waals surface area contributed by atoms with Gasteiger partial charge in [-0.05, 0) is 36.1 Å². The maximum Gasteiger partial charge on any atom is 0.229 e. The van der Waals surface area contributed by atoms with Gasteiger partial charge in [0.1, 0.15) is 6.67 Å². The fourth-order valence-corrected chi connectivity index (χ4v) is 5.23. The summed E-state index contributed by atoms with van der Waals surface area (Å²) in [4.78, 5) is 16.7. The third-order valence-corrected chi connectivity index (χ3v) is 6.89. The first-order valence-corrected chi connectivity index (χ1v) is 10.2. The minimum atomic E-state index is -0.872. The van der Waals surface area contributed by atoms with Crippen molar-refractivity contribution < 1.29 is 23.0 Å². The third kappa shape index (κ3) is 4.45. The van der Waals surface area contributed by atoms with E-state index in [4.69, 9.17) is 15.2 Å². The molecule has 0 aromatic heterocycles. The van der Waals surface area contributed by atoms with Crippen LogP contribution >= 0.6 is 24.8 Å². The number of likely N-dealkylation sites (tertiary alicyclic amines) is 1. The van der Waals surface area contributed by atoms with Crippen LogP contribution in [-0.2, 0) is 11.2 Å². The largest absolute Gasteiger partial charge is 0.493 e. The van der Waals surface area contributed by atoms with E-state index in [0.29, 0.717) is 18.7 Å². The van der Waals surface area contributed by atoms with Crippen molar-refractivity contribution in [1.29, 1.82) is 0 Å². The average molecular weight is 482 g/mol. The number of methoxy groups -OCH3 is 2. The zero-order chi connectivity index (χ0) is 20.7. The van der Waals surface area contributed by atoms with Gasteiger partial charge in [0.15, 0.2) is 11.5 Å². The normalized spacial score (nSPS) is 30.0. The van der Waals surface area contributed by atoms with Gasteiger partial charge < -0.3 is 20.1 Å². The van der Waals surface area contributed by atoms with E-state index >= 15 is 0 Å². The molecule has 1 unspecified atom stereocenters. The fraction of sp³-hybridized carbons (Fsp3) is 0.667. The predicted molar refractivity (Wildman–Crippen MR) is 119 cm³/mol. The number of ether oxygens (including phenoxy) is 2. The number of benzene rings is 1. The Kier molecular flexibility index (Phi) is 8.78. The number of hydrogen-bond acceptors (Lipinski definition) is 5. The number of carbonyl (C=O) groups excluding carboxylic acids is 1. The standard InChI is InChI=1S/C21H29F2N3O3.2ClH/c1-28-19-5-12-3-4-25-11-18(26-10-13(8-22)15(9-23)21(26)27)16(24)7-17(25)14(12)6-20(19)29-2;;/h5-6,13,15-18H,3-4,7-11,24H2,1-2H3;2*1H/t13-,15+,16+,17+,18?;;/m1../s1. The molecule has 176 valence electrons. The maximum absolute atomic E-state index is 13.3. The van der Waals surface area contributed by atoms with Crippen LogP contribution in [0.5, 0.6) is 11.5 Å². The smallest absolute Gasteiger partial charge is 0.229 e. The Morgan fingerprint density at radius 2 is 1.77 bits per heavy atom. The Labute approximate surface area is 194 Å². The van der Waals surface area contributed by atoms with Crippen LogP contribution in [-0.4, -0.2) is 75.0 Å². The van der Waals surface area contributed by atoms with Crippen LogP contribution in [0.15, 0.2) is 12.1 Å². The lowest BCUT2D eigenvalue weighted by atomic mass is 9.83. The molecular formula is C21H31Cl2F2N3O3. The first-order chi connectivity index (χ1) is 14.0. The van der Waals surface area contributed by atoms with Crippen molar-refractivity contribution in [3.05, 3.63) is 23.3 Å². The van der Waals surface area contributed by atoms with Crippen molar-refractivity contribution >= 4 is 30.7 Å². The van der Waals surface area contributed by atoms with E-state index in [9.17, 15) is 13.6 Å². The highest BCUT2D eigenvalue weighted by Gasteiger charge is 2.48. The Balaban J connectivity index is 0.00000171. The molecule has 3 aliphatic heterocycles. The first-order valence-electron chi connectivity index (χ1n) is 10.2. The molecule has 1 aromatic carbocycles. The van der Waals surface area contributed by atoms with E-state index in [2.05, 4.69) is 4.90 Å². The molecule has 0 saturated carbocycles. The Morgan fingerprint density at radius 1 is 1.10 bits per heavy atom. The third-order valence-electron chi connectivity index (χ3n) is 6.89. The molecule has 10 heteroatoms. The van der Waals surface area contributed by atoms with Gasteiger partial charge in [-0.3, -0.25) is 18.5 Å². The summed E-state index contributed by atoms with van der Waals surface area (Å²) in [6.07, 6.45) is 1.54. The van der Waals surface area contributed by atoms with Gasteiger partial charge in [-0.15, -0.1) is 24.8 Å². The summed E-state index contributed by atoms with van der Waals surface area (Å²) in [5, 5.41) is 0. The number of alkyl halides is 2. The molecule has 31 heavy (non-hydrogen) atoms. The summed E-state index contributed by atoms with van der Waals surface area (Å²) >= 11 is 0. The predicted octanol–water partition coefficient (Wildman–Crippen LogP) is 2.56. The molecule has 0 spiro atoms. The highest BCUT2D eigenvalue weighted by atomic mass is 35.5. The van der Waals surface area contributed by atoms with E-state index in [1.165, 1.54) is 11.1 Å². The maximum atomic E-state index is 13.3. The highest BCUT2D eigenvalue weighted by molar-refractivity contribution is 5.85. The van der Waals surface area contributed by atoms with E-state index in [1.54, 1.807) is 19.1 Å². The number of piperidine rings is 1. The number of amides is 1. The number of nitrogens with two attached hydrogens (primary N) is 1. The molecule has 6 nitrogen and oxygen atoms in total. The lowest BCUT2D eigenvalue weighted by molar-refractivity contribution is -0.135. The van der Waals surface area contributed by atoms with E-state index < -0.39 is 25.2 Å². The van der Waals surface area contributed by atoms with Crippen molar-refractivity contribution in [3.8, 4) is 11.5 Å². The van der Waals surface area contributed by atoms with Gasteiger partial charge in [-0.2, -0.15) is 0 Å². The molecule has 0 radical (unpaired) electrons. The zero-order valence-electron chi connectivity index (χ0n) is 17.8. The molecule has 1 amide bonds. The summed E-state index contributed by atoms with van der Waals surface area (Å²) in [7, 11) is 3.25. The van der Waals surface area contributed by atoms with E-state index in [1.807, 2.05) is 12.1 Å². The van der Waals surface area contributed by atoms with E-state index in [0.717, 1.165) is 18.7 Å². The van der Waals surface area contributed by atoms with Crippen LogP contribution in [0.2, 0.25) is 0 Å². The lowest BCUT2D eigenvalue weighted by Gasteiger charge is -2.48. The summed E-state index contributed by atoms with van der Waals surface area (Å²) in [5.74, 6) is -0.331. The molecule has 4 rings (SSSR count). The van der Waals surface area contributed by atoms with Crippen molar-refractivity contribution in [3.63, 3.8) is 0 Å². The monoisotopic (exact) mass is 481 g/mol. The van der Waals surface area contributed by atoms with Crippen LogP contribution in [0.4, 0.5) is 8.78 Å². The number of fused-ring (bicyclic) bond motifs is 3. The fourth-order valence-electron chi connectivity index (χ4n) is 5.23. The van der Waals surface area contributed by atoms with Gasteiger partial charge in [0.25, 0.3) is 0 Å². The highest BCUT2D eigenvalue weighted by Crippen LogP contribution is 2.43. The zero-order valence-corrected chi connectivity index (χ0v) is 19.4. The molecule has 3 aliphatic rings. The van der Waals surface area contributed by atoms with Crippen LogP contribution in [0.1, 0.15) is 23.6 Å². The van der Waals surface area contributed by atoms with Crippen molar-refractivity contribution in [2.45, 2.75) is 31.0 Å². The molecule has 0 aliphatic carbocycles. The van der Waals surface area contributed by atoms with Crippen molar-refractivity contribution in [1.82, 2.24) is 9.80 Å². The second kappa shape index (κ2) is 10.5. The van der Waals surface area contributed by atoms with Gasteiger partial charge in [-0.1, -0.05) is 0 Å². The molecule has 0 bridgehead atoms. The minimum Gasteiger partial charge on any atom is -0.493 e. The molecule has 2 N–H and O–H groups in total. The number of halogens is 4. The molecule has 3 heterocycles. The number of rotatable bonds is 5. The van der Waals surface area contributed by atoms with Crippen LogP contribution in [0.25, 0.3) is 0 Å². The summed E-state index contributed by atoms with van der Waals surface area (Å²) in [5.41, 5.74) is 8.92. The molecule has 1 aromatic rings. The van der Waals surface area contributed by atoms with Crippen LogP contribution in [0, 0.1) is 11.8 Å². The second-order valence-corrected chi connectivity index (χ2v) is 8.30. The van der Waals surface area contributed by atoms with E-state index in [-0.39, 0.29) is 55.4 Å². The molecular weight excluding hydrogens is 451 g/mol. The summed E-state index contributed by atoms with van der Waals surface area (Å²) in [6, 6.07) is 3.72. The van der Waals surface area contributed by atoms with Crippen LogP contribution in [0.3, 0.4) is 0 Å². The Bertz CT molecular complexity index is 788. The number of nitrogens with zero attached hydrogens (tertiary/aromatic N) is 2. The minimum absolute atomic E-state index is 0. The first kappa shape index (κ1) is 25.9. The van der Waals surface area contributed by atoms with Crippen LogP contribution < -0.4 is 15.2 Å². The number of carbonyl (C=O) groups is 1. The average Bonchev–Trinajstić information content (AvgIpc) is 3.07. The number of hydrogen-bond donors (Lipinski definition) is 1. The molecule has 5 atom stereocenters. The summed E-state index contributed by atoms with van der Waals surface area (Å²) in [6.45, 7) is 0.219. The topological polar surface area (TPSA) is 68.0 Å². The van der Waals surface area contributed by atoms with Gasteiger partial charge in [0.2, 0.25) is 5.91 Å². The Morgan fingerprint density at radius 3 is 2.35 bits per heavy atom. The quantitative estimate of drug-likeness (QED) is 0.699. The van der Waals surface area contributed by atoms with Gasteiger partial charge >= 0.3 is 0 Å². The van der Waals surface area contributed by atoms with Crippen molar-refractivity contribution in [2.24, 2.45) is 17.6 Å². The van der Waals surface area contributed by atoms with Gasteiger partial charge in [0.05, 0.1) is 32.9 Å². The van der Waals surface area contributed by atoms with Crippen molar-refractivity contribution in [2.75, 3.05) is 47.2 Å². The second-order valence-electron chi connectivity index (χ2n) is 8.30. The SMILES string of the molecule is COc1cc2c(cc1OC)[C@@H]1C[C@H](N)C(N3C[C@@H](CF)[C@H](CF)C3=O)CN1CC2.Cl.Cl. The molecule has 2 fully saturated rings. The summed E-state index contributed by atoms with van der Waals surface area (Å²) < 4.78 is 37.5.